The van der Waals surface area contributed by atoms with Gasteiger partial charge in [0.1, 0.15) is 6.04 Å². The molecule has 1 saturated carbocycles. The quantitative estimate of drug-likeness (QED) is 0.671. The van der Waals surface area contributed by atoms with Crippen LogP contribution >= 0.6 is 0 Å². The number of carbonyl (C=O) groups excluding carboxylic acids is 1. The Morgan fingerprint density at radius 3 is 2.38 bits per heavy atom. The van der Waals surface area contributed by atoms with Gasteiger partial charge in [-0.25, -0.2) is 0 Å². The summed E-state index contributed by atoms with van der Waals surface area (Å²) in [6.45, 7) is 6.22. The summed E-state index contributed by atoms with van der Waals surface area (Å²) in [6, 6.07) is 0.194. The van der Waals surface area contributed by atoms with Gasteiger partial charge in [0.25, 0.3) is 0 Å². The molecule has 0 bridgehead atoms. The Morgan fingerprint density at radius 2 is 2.00 bits per heavy atom. The highest BCUT2D eigenvalue weighted by molar-refractivity contribution is 5.75. The summed E-state index contributed by atoms with van der Waals surface area (Å²) in [6.07, 6.45) is 2.52. The van der Waals surface area contributed by atoms with Crippen molar-refractivity contribution >= 4 is 5.97 Å². The first-order valence-electron chi connectivity index (χ1n) is 4.83. The molecule has 2 atom stereocenters. The van der Waals surface area contributed by atoms with Crippen LogP contribution in [0.3, 0.4) is 0 Å². The third-order valence-corrected chi connectivity index (χ3v) is 3.14. The molecule has 0 radical (unpaired) electrons. The molecule has 1 fully saturated rings. The summed E-state index contributed by atoms with van der Waals surface area (Å²) in [5.74, 6) is -0.184. The first-order chi connectivity index (χ1) is 5.99. The molecule has 0 saturated heterocycles. The second-order valence-electron chi connectivity index (χ2n) is 4.29. The fourth-order valence-electron chi connectivity index (χ4n) is 1.45. The average Bonchev–Trinajstić information content (AvgIpc) is 2.83. The fraction of sp³-hybridized carbons (Fsp3) is 0.900. The van der Waals surface area contributed by atoms with Gasteiger partial charge in [-0.3, -0.25) is 4.79 Å². The smallest absolute Gasteiger partial charge is 0.322 e. The topological polar surface area (TPSA) is 38.3 Å². The number of hydrogen-bond donors (Lipinski definition) is 1. The number of nitrogens with one attached hydrogen (secondary N) is 1. The molecule has 0 aromatic heterocycles. The minimum atomic E-state index is -0.197. The van der Waals surface area contributed by atoms with Crippen LogP contribution in [-0.2, 0) is 9.53 Å². The number of rotatable bonds is 4. The lowest BCUT2D eigenvalue weighted by atomic mass is 10.0. The third-order valence-electron chi connectivity index (χ3n) is 3.14. The largest absolute Gasteiger partial charge is 0.468 e. The summed E-state index contributed by atoms with van der Waals surface area (Å²) >= 11 is 0. The minimum Gasteiger partial charge on any atom is -0.468 e. The van der Waals surface area contributed by atoms with E-state index in [0.29, 0.717) is 11.5 Å². The lowest BCUT2D eigenvalue weighted by molar-refractivity contribution is -0.142. The molecule has 1 aliphatic rings. The van der Waals surface area contributed by atoms with Crippen molar-refractivity contribution in [1.29, 1.82) is 0 Å². The monoisotopic (exact) mass is 185 g/mol. The van der Waals surface area contributed by atoms with Gasteiger partial charge in [-0.1, -0.05) is 6.92 Å². The van der Waals surface area contributed by atoms with E-state index in [-0.39, 0.29) is 12.0 Å². The Bertz CT molecular complexity index is 199. The SMILES string of the molecule is COC(=O)[C@H](C)NC(C)C1(C)CC1. The molecule has 3 heteroatoms. The highest BCUT2D eigenvalue weighted by Crippen LogP contribution is 2.47. The summed E-state index contributed by atoms with van der Waals surface area (Å²) in [7, 11) is 1.42. The van der Waals surface area contributed by atoms with Crippen LogP contribution < -0.4 is 5.32 Å². The Hall–Kier alpha value is -0.570. The minimum absolute atomic E-state index is 0.184. The number of ether oxygens (including phenoxy) is 1. The Kier molecular flexibility index (Phi) is 2.96. The van der Waals surface area contributed by atoms with Crippen LogP contribution in [0.4, 0.5) is 0 Å². The van der Waals surface area contributed by atoms with Crippen molar-refractivity contribution in [2.24, 2.45) is 5.41 Å². The van der Waals surface area contributed by atoms with E-state index in [1.165, 1.54) is 20.0 Å². The fourth-order valence-corrected chi connectivity index (χ4v) is 1.45. The summed E-state index contributed by atoms with van der Waals surface area (Å²) in [5.41, 5.74) is 0.405. The first kappa shape index (κ1) is 10.5. The zero-order valence-electron chi connectivity index (χ0n) is 8.89. The zero-order chi connectivity index (χ0) is 10.1. The first-order valence-corrected chi connectivity index (χ1v) is 4.83. The van der Waals surface area contributed by atoms with E-state index >= 15 is 0 Å². The second kappa shape index (κ2) is 3.66. The highest BCUT2D eigenvalue weighted by Gasteiger charge is 2.43. The maximum atomic E-state index is 11.1. The molecule has 13 heavy (non-hydrogen) atoms. The standard InChI is InChI=1S/C10H19NO2/c1-7(9(12)13-4)11-8(2)10(3)5-6-10/h7-8,11H,5-6H2,1-4H3/t7-,8?/m0/s1. The van der Waals surface area contributed by atoms with Crippen molar-refractivity contribution in [3.05, 3.63) is 0 Å². The molecule has 1 N–H and O–H groups in total. The van der Waals surface area contributed by atoms with E-state index in [1.54, 1.807) is 0 Å². The summed E-state index contributed by atoms with van der Waals surface area (Å²) in [5, 5.41) is 3.26. The van der Waals surface area contributed by atoms with Crippen LogP contribution in [-0.4, -0.2) is 25.2 Å². The molecule has 0 aromatic carbocycles. The summed E-state index contributed by atoms with van der Waals surface area (Å²) < 4.78 is 4.64. The lowest BCUT2D eigenvalue weighted by Crippen LogP contribution is -2.44. The van der Waals surface area contributed by atoms with Crippen molar-refractivity contribution in [2.75, 3.05) is 7.11 Å². The second-order valence-corrected chi connectivity index (χ2v) is 4.29. The van der Waals surface area contributed by atoms with Crippen molar-refractivity contribution in [3.63, 3.8) is 0 Å². The molecule has 0 aliphatic heterocycles. The Morgan fingerprint density at radius 1 is 1.46 bits per heavy atom. The average molecular weight is 185 g/mol. The van der Waals surface area contributed by atoms with Gasteiger partial charge in [-0.05, 0) is 32.1 Å². The van der Waals surface area contributed by atoms with Crippen molar-refractivity contribution in [3.8, 4) is 0 Å². The molecular weight excluding hydrogens is 166 g/mol. The van der Waals surface area contributed by atoms with Crippen LogP contribution in [0.5, 0.6) is 0 Å². The predicted octanol–water partition coefficient (Wildman–Crippen LogP) is 1.33. The molecule has 1 unspecified atom stereocenters. The van der Waals surface area contributed by atoms with Crippen molar-refractivity contribution in [2.45, 2.75) is 45.7 Å². The highest BCUT2D eigenvalue weighted by atomic mass is 16.5. The molecule has 0 aromatic rings. The maximum absolute atomic E-state index is 11.1. The summed E-state index contributed by atoms with van der Waals surface area (Å²) in [4.78, 5) is 11.1. The lowest BCUT2D eigenvalue weighted by Gasteiger charge is -2.23. The van der Waals surface area contributed by atoms with Crippen LogP contribution in [0.15, 0.2) is 0 Å². The van der Waals surface area contributed by atoms with Crippen molar-refractivity contribution < 1.29 is 9.53 Å². The van der Waals surface area contributed by atoms with Crippen LogP contribution in [0.1, 0.15) is 33.6 Å². The predicted molar refractivity (Wildman–Crippen MR) is 51.4 cm³/mol. The maximum Gasteiger partial charge on any atom is 0.322 e. The molecule has 0 amide bonds. The van der Waals surface area contributed by atoms with Crippen LogP contribution in [0.25, 0.3) is 0 Å². The van der Waals surface area contributed by atoms with Gasteiger partial charge in [0.15, 0.2) is 0 Å². The molecule has 1 rings (SSSR count). The van der Waals surface area contributed by atoms with Gasteiger partial charge in [0, 0.05) is 6.04 Å². The van der Waals surface area contributed by atoms with Gasteiger partial charge >= 0.3 is 5.97 Å². The third kappa shape index (κ3) is 2.44. The molecule has 0 heterocycles. The molecule has 3 nitrogen and oxygen atoms in total. The van der Waals surface area contributed by atoms with E-state index in [9.17, 15) is 4.79 Å². The van der Waals surface area contributed by atoms with Crippen LogP contribution in [0.2, 0.25) is 0 Å². The van der Waals surface area contributed by atoms with E-state index in [4.69, 9.17) is 0 Å². The molecule has 76 valence electrons. The van der Waals surface area contributed by atoms with E-state index in [2.05, 4.69) is 23.9 Å². The Balaban J connectivity index is 2.35. The number of esters is 1. The van der Waals surface area contributed by atoms with Gasteiger partial charge in [-0.2, -0.15) is 0 Å². The van der Waals surface area contributed by atoms with E-state index in [0.717, 1.165) is 0 Å². The molecule has 0 spiro atoms. The number of methoxy groups -OCH3 is 1. The van der Waals surface area contributed by atoms with Gasteiger partial charge in [-0.15, -0.1) is 0 Å². The van der Waals surface area contributed by atoms with Gasteiger partial charge in [0.2, 0.25) is 0 Å². The molecule has 1 aliphatic carbocycles. The zero-order valence-corrected chi connectivity index (χ0v) is 8.89. The van der Waals surface area contributed by atoms with Crippen LogP contribution in [0, 0.1) is 5.41 Å². The van der Waals surface area contributed by atoms with Gasteiger partial charge in [0.05, 0.1) is 7.11 Å². The van der Waals surface area contributed by atoms with E-state index < -0.39 is 0 Å². The normalized spacial score (nSPS) is 23.4. The number of hydrogen-bond acceptors (Lipinski definition) is 3. The van der Waals surface area contributed by atoms with Gasteiger partial charge < -0.3 is 10.1 Å². The van der Waals surface area contributed by atoms with E-state index in [1.807, 2.05) is 6.92 Å². The molecular formula is C10H19NO2. The number of carbonyl (C=O) groups is 1. The van der Waals surface area contributed by atoms with Crippen molar-refractivity contribution in [1.82, 2.24) is 5.32 Å². The Labute approximate surface area is 79.8 Å².